The van der Waals surface area contributed by atoms with Gasteiger partial charge < -0.3 is 14.8 Å². The van der Waals surface area contributed by atoms with Crippen LogP contribution in [0.1, 0.15) is 26.3 Å². The van der Waals surface area contributed by atoms with E-state index in [1.54, 1.807) is 66.7 Å². The predicted octanol–water partition coefficient (Wildman–Crippen LogP) is 4.52. The van der Waals surface area contributed by atoms with Gasteiger partial charge in [0.25, 0.3) is 11.8 Å². The predicted molar refractivity (Wildman–Crippen MR) is 119 cm³/mol. The first-order valence-electron chi connectivity index (χ1n) is 9.67. The third kappa shape index (κ3) is 3.48. The van der Waals surface area contributed by atoms with Gasteiger partial charge in [-0.15, -0.1) is 0 Å². The van der Waals surface area contributed by atoms with Gasteiger partial charge >= 0.3 is 0 Å². The van der Waals surface area contributed by atoms with E-state index in [2.05, 4.69) is 5.32 Å². The van der Waals surface area contributed by atoms with Gasteiger partial charge in [-0.25, -0.2) is 4.90 Å². The van der Waals surface area contributed by atoms with Crippen molar-refractivity contribution < 1.29 is 23.9 Å². The second kappa shape index (κ2) is 7.86. The molecule has 3 amide bonds. The van der Waals surface area contributed by atoms with E-state index >= 15 is 0 Å². The maximum Gasteiger partial charge on any atom is 0.266 e. The fraction of sp³-hybridized carbons (Fsp3) is 0.0417. The normalized spacial score (nSPS) is 14.2. The highest BCUT2D eigenvalue weighted by Gasteiger charge is 2.36. The van der Waals surface area contributed by atoms with Crippen molar-refractivity contribution in [3.05, 3.63) is 88.5 Å². The summed E-state index contributed by atoms with van der Waals surface area (Å²) in [5, 5.41) is 3.13. The number of hydrogen-bond donors (Lipinski definition) is 1. The van der Waals surface area contributed by atoms with Crippen LogP contribution in [0.15, 0.2) is 66.7 Å². The Morgan fingerprint density at radius 2 is 1.72 bits per heavy atom. The average molecular weight is 447 g/mol. The SMILES string of the molecule is O=C(/C=C/c1cc(Cl)c2c(c1)OCO2)Nc1cccc(N2C(=O)c3ccccc3C2=O)c1. The zero-order valence-corrected chi connectivity index (χ0v) is 17.3. The molecule has 0 saturated carbocycles. The summed E-state index contributed by atoms with van der Waals surface area (Å²) in [5.74, 6) is -0.176. The molecule has 3 aromatic carbocycles. The summed E-state index contributed by atoms with van der Waals surface area (Å²) in [6, 6.07) is 16.6. The first-order valence-corrected chi connectivity index (χ1v) is 10.0. The highest BCUT2D eigenvalue weighted by Crippen LogP contribution is 2.40. The fourth-order valence-corrected chi connectivity index (χ4v) is 3.86. The highest BCUT2D eigenvalue weighted by atomic mass is 35.5. The number of carbonyl (C=O) groups excluding carboxylic acids is 3. The Morgan fingerprint density at radius 3 is 2.47 bits per heavy atom. The average Bonchev–Trinajstić information content (AvgIpc) is 3.36. The minimum Gasteiger partial charge on any atom is -0.454 e. The molecule has 0 unspecified atom stereocenters. The van der Waals surface area contributed by atoms with E-state index in [1.165, 1.54) is 6.08 Å². The first kappa shape index (κ1) is 19.8. The van der Waals surface area contributed by atoms with Gasteiger partial charge in [0.05, 0.1) is 21.8 Å². The maximum atomic E-state index is 12.7. The van der Waals surface area contributed by atoms with E-state index in [0.29, 0.717) is 44.6 Å². The number of imide groups is 1. The van der Waals surface area contributed by atoms with E-state index < -0.39 is 17.7 Å². The van der Waals surface area contributed by atoms with Crippen LogP contribution in [-0.4, -0.2) is 24.5 Å². The summed E-state index contributed by atoms with van der Waals surface area (Å²) >= 11 is 6.16. The van der Waals surface area contributed by atoms with Gasteiger partial charge in [-0.3, -0.25) is 14.4 Å². The summed E-state index contributed by atoms with van der Waals surface area (Å²) in [7, 11) is 0. The molecule has 3 aromatic rings. The van der Waals surface area contributed by atoms with Crippen LogP contribution >= 0.6 is 11.6 Å². The summed E-state index contributed by atoms with van der Waals surface area (Å²) in [5.41, 5.74) is 2.21. The number of rotatable bonds is 4. The zero-order chi connectivity index (χ0) is 22.2. The molecule has 2 aliphatic heterocycles. The second-order valence-electron chi connectivity index (χ2n) is 7.10. The number of fused-ring (bicyclic) bond motifs is 2. The van der Waals surface area contributed by atoms with Gasteiger partial charge in [0.1, 0.15) is 0 Å². The number of ether oxygens (including phenoxy) is 2. The van der Waals surface area contributed by atoms with Crippen molar-refractivity contribution in [2.45, 2.75) is 0 Å². The molecule has 0 aromatic heterocycles. The lowest BCUT2D eigenvalue weighted by Gasteiger charge is -2.15. The summed E-state index contributed by atoms with van der Waals surface area (Å²) in [6.07, 6.45) is 2.94. The van der Waals surface area contributed by atoms with Gasteiger partial charge in [-0.1, -0.05) is 29.8 Å². The fourth-order valence-electron chi connectivity index (χ4n) is 3.59. The molecule has 0 atom stereocenters. The van der Waals surface area contributed by atoms with Crippen LogP contribution in [0.25, 0.3) is 6.08 Å². The van der Waals surface area contributed by atoms with E-state index in [4.69, 9.17) is 21.1 Å². The molecular formula is C24H15ClN2O5. The molecular weight excluding hydrogens is 432 g/mol. The molecule has 0 spiro atoms. The van der Waals surface area contributed by atoms with Crippen LogP contribution in [-0.2, 0) is 4.79 Å². The minimum absolute atomic E-state index is 0.103. The van der Waals surface area contributed by atoms with Crippen molar-refractivity contribution in [3.63, 3.8) is 0 Å². The maximum absolute atomic E-state index is 12.7. The molecule has 0 bridgehead atoms. The topological polar surface area (TPSA) is 84.9 Å². The summed E-state index contributed by atoms with van der Waals surface area (Å²) < 4.78 is 10.6. The third-order valence-electron chi connectivity index (χ3n) is 5.04. The Bertz CT molecular complexity index is 1280. The molecule has 2 aliphatic rings. The lowest BCUT2D eigenvalue weighted by atomic mass is 10.1. The molecule has 7 nitrogen and oxygen atoms in total. The van der Waals surface area contributed by atoms with Crippen LogP contribution < -0.4 is 19.7 Å². The Balaban J connectivity index is 1.32. The summed E-state index contributed by atoms with van der Waals surface area (Å²) in [4.78, 5) is 38.9. The third-order valence-corrected chi connectivity index (χ3v) is 5.32. The van der Waals surface area contributed by atoms with Gasteiger partial charge in [-0.2, -0.15) is 0 Å². The van der Waals surface area contributed by atoms with E-state index in [1.807, 2.05) is 0 Å². The second-order valence-corrected chi connectivity index (χ2v) is 7.51. The lowest BCUT2D eigenvalue weighted by molar-refractivity contribution is -0.111. The molecule has 32 heavy (non-hydrogen) atoms. The number of anilines is 2. The Hall–Kier alpha value is -4.10. The molecule has 0 saturated heterocycles. The quantitative estimate of drug-likeness (QED) is 0.470. The van der Waals surface area contributed by atoms with E-state index in [-0.39, 0.29) is 6.79 Å². The van der Waals surface area contributed by atoms with Crippen LogP contribution in [0.3, 0.4) is 0 Å². The van der Waals surface area contributed by atoms with E-state index in [9.17, 15) is 14.4 Å². The Labute approximate surface area is 187 Å². The standard InChI is InChI=1S/C24H15ClN2O5/c25-19-10-14(11-20-22(19)32-13-31-20)8-9-21(28)26-15-4-3-5-16(12-15)27-23(29)17-6-1-2-7-18(17)24(27)30/h1-12H,13H2,(H,26,28)/b9-8+. The van der Waals surface area contributed by atoms with Crippen molar-refractivity contribution in [1.82, 2.24) is 0 Å². The Kier molecular flexibility index (Phi) is 4.88. The van der Waals surface area contributed by atoms with Crippen LogP contribution in [0, 0.1) is 0 Å². The van der Waals surface area contributed by atoms with Crippen molar-refractivity contribution in [1.29, 1.82) is 0 Å². The first-order chi connectivity index (χ1) is 15.5. The molecule has 158 valence electrons. The van der Waals surface area contributed by atoms with Crippen LogP contribution in [0.4, 0.5) is 11.4 Å². The van der Waals surface area contributed by atoms with Gasteiger partial charge in [-0.05, 0) is 54.1 Å². The van der Waals surface area contributed by atoms with Gasteiger partial charge in [0.15, 0.2) is 11.5 Å². The molecule has 0 radical (unpaired) electrons. The lowest BCUT2D eigenvalue weighted by Crippen LogP contribution is -2.29. The largest absolute Gasteiger partial charge is 0.454 e. The van der Waals surface area contributed by atoms with E-state index in [0.717, 1.165) is 4.90 Å². The smallest absolute Gasteiger partial charge is 0.266 e. The Morgan fingerprint density at radius 1 is 0.969 bits per heavy atom. The molecule has 1 N–H and O–H groups in total. The molecule has 2 heterocycles. The number of hydrogen-bond acceptors (Lipinski definition) is 5. The van der Waals surface area contributed by atoms with Crippen molar-refractivity contribution in [3.8, 4) is 11.5 Å². The van der Waals surface area contributed by atoms with Crippen LogP contribution in [0.5, 0.6) is 11.5 Å². The minimum atomic E-state index is -0.395. The van der Waals surface area contributed by atoms with Gasteiger partial charge in [0, 0.05) is 11.8 Å². The van der Waals surface area contributed by atoms with Gasteiger partial charge in [0.2, 0.25) is 12.7 Å². The zero-order valence-electron chi connectivity index (χ0n) is 16.5. The number of benzene rings is 3. The summed E-state index contributed by atoms with van der Waals surface area (Å²) in [6.45, 7) is 0.103. The monoisotopic (exact) mass is 446 g/mol. The van der Waals surface area contributed by atoms with Crippen LogP contribution in [0.2, 0.25) is 5.02 Å². The molecule has 8 heteroatoms. The van der Waals surface area contributed by atoms with Crippen molar-refractivity contribution in [2.75, 3.05) is 17.0 Å². The number of nitrogens with zero attached hydrogens (tertiary/aromatic N) is 1. The number of nitrogens with one attached hydrogen (secondary N) is 1. The number of carbonyl (C=O) groups is 3. The van der Waals surface area contributed by atoms with Crippen molar-refractivity contribution in [2.24, 2.45) is 0 Å². The van der Waals surface area contributed by atoms with Crippen molar-refractivity contribution >= 4 is 46.8 Å². The molecule has 0 aliphatic carbocycles. The molecule has 0 fully saturated rings. The number of amides is 3. The highest BCUT2D eigenvalue weighted by molar-refractivity contribution is 6.34. The molecule has 5 rings (SSSR count). The number of halogens is 1.